The quantitative estimate of drug-likeness (QED) is 0.924. The number of ether oxygens (including phenoxy) is 2. The van der Waals surface area contributed by atoms with Gasteiger partial charge in [-0.25, -0.2) is 4.79 Å². The fourth-order valence-corrected chi connectivity index (χ4v) is 3.26. The van der Waals surface area contributed by atoms with E-state index in [1.54, 1.807) is 0 Å². The highest BCUT2D eigenvalue weighted by Gasteiger charge is 2.28. The Morgan fingerprint density at radius 3 is 2.91 bits per heavy atom. The molecule has 0 aliphatic carbocycles. The minimum absolute atomic E-state index is 0.0192. The summed E-state index contributed by atoms with van der Waals surface area (Å²) in [5.41, 5.74) is 1.25. The molecule has 0 unspecified atom stereocenters. The average molecular weight is 318 g/mol. The Bertz CT molecular complexity index is 502. The Morgan fingerprint density at radius 2 is 2.17 bits per heavy atom. The summed E-state index contributed by atoms with van der Waals surface area (Å²) in [6.45, 7) is 5.54. The third kappa shape index (κ3) is 4.45. The van der Waals surface area contributed by atoms with E-state index in [1.165, 1.54) is 5.56 Å². The highest BCUT2D eigenvalue weighted by molar-refractivity contribution is 5.74. The van der Waals surface area contributed by atoms with Gasteiger partial charge in [-0.05, 0) is 18.9 Å². The van der Waals surface area contributed by atoms with Gasteiger partial charge in [-0.3, -0.25) is 0 Å². The number of carbonyl (C=O) groups excluding carboxylic acids is 1. The van der Waals surface area contributed by atoms with Crippen LogP contribution in [0.4, 0.5) is 4.79 Å². The van der Waals surface area contributed by atoms with Crippen LogP contribution in [0.5, 0.6) is 0 Å². The summed E-state index contributed by atoms with van der Waals surface area (Å²) in [4.78, 5) is 14.4. The van der Waals surface area contributed by atoms with Crippen LogP contribution in [0.3, 0.4) is 0 Å². The molecular weight excluding hydrogens is 292 g/mol. The van der Waals surface area contributed by atoms with Gasteiger partial charge in [0, 0.05) is 38.1 Å². The second kappa shape index (κ2) is 7.79. The summed E-state index contributed by atoms with van der Waals surface area (Å²) < 4.78 is 11.2. The molecule has 2 aliphatic heterocycles. The number of morpholine rings is 1. The fourth-order valence-electron chi connectivity index (χ4n) is 3.26. The fraction of sp³-hybridized carbons (Fsp3) is 0.611. The first kappa shape index (κ1) is 16.3. The summed E-state index contributed by atoms with van der Waals surface area (Å²) in [5, 5.41) is 3.13. The second-order valence-electron chi connectivity index (χ2n) is 6.49. The van der Waals surface area contributed by atoms with Gasteiger partial charge in [-0.15, -0.1) is 0 Å². The first-order chi connectivity index (χ1) is 11.2. The van der Waals surface area contributed by atoms with Crippen molar-refractivity contribution in [2.45, 2.75) is 31.9 Å². The molecule has 0 saturated carbocycles. The van der Waals surface area contributed by atoms with E-state index in [4.69, 9.17) is 9.47 Å². The Hall–Kier alpha value is -1.59. The van der Waals surface area contributed by atoms with Gasteiger partial charge in [0.1, 0.15) is 0 Å². The number of rotatable bonds is 4. The summed E-state index contributed by atoms with van der Waals surface area (Å²) in [6, 6.07) is 10.5. The van der Waals surface area contributed by atoms with E-state index in [-0.39, 0.29) is 18.2 Å². The van der Waals surface area contributed by atoms with Gasteiger partial charge in [0.05, 0.1) is 19.3 Å². The molecule has 5 nitrogen and oxygen atoms in total. The SMILES string of the molecule is C[C@H](NC(=O)N1CCO[C@@H](Cc2ccccc2)C1)[C@@H]1CCOC1. The molecule has 1 N–H and O–H groups in total. The van der Waals surface area contributed by atoms with Crippen molar-refractivity contribution in [3.05, 3.63) is 35.9 Å². The predicted molar refractivity (Wildman–Crippen MR) is 88.4 cm³/mol. The molecule has 0 aromatic heterocycles. The van der Waals surface area contributed by atoms with Crippen LogP contribution >= 0.6 is 0 Å². The number of hydrogen-bond donors (Lipinski definition) is 1. The van der Waals surface area contributed by atoms with Crippen LogP contribution in [0.2, 0.25) is 0 Å². The molecule has 2 amide bonds. The molecule has 126 valence electrons. The van der Waals surface area contributed by atoms with Crippen LogP contribution in [0.1, 0.15) is 18.9 Å². The van der Waals surface area contributed by atoms with Gasteiger partial charge in [0.15, 0.2) is 0 Å². The molecule has 1 aromatic carbocycles. The standard InChI is InChI=1S/C18H26N2O3/c1-14(16-7-9-22-13-16)19-18(21)20-8-10-23-17(12-20)11-15-5-3-2-4-6-15/h2-6,14,16-17H,7-13H2,1H3,(H,19,21)/t14-,16+,17-/m0/s1. The van der Waals surface area contributed by atoms with Crippen LogP contribution in [0.25, 0.3) is 0 Å². The van der Waals surface area contributed by atoms with E-state index in [0.717, 1.165) is 26.1 Å². The van der Waals surface area contributed by atoms with Crippen LogP contribution < -0.4 is 5.32 Å². The highest BCUT2D eigenvalue weighted by atomic mass is 16.5. The number of amides is 2. The molecule has 5 heteroatoms. The lowest BCUT2D eigenvalue weighted by atomic mass is 10.0. The number of carbonyl (C=O) groups is 1. The largest absolute Gasteiger partial charge is 0.381 e. The van der Waals surface area contributed by atoms with E-state index in [0.29, 0.717) is 25.6 Å². The van der Waals surface area contributed by atoms with Crippen molar-refractivity contribution in [2.24, 2.45) is 5.92 Å². The topological polar surface area (TPSA) is 50.8 Å². The Labute approximate surface area is 137 Å². The van der Waals surface area contributed by atoms with Gasteiger partial charge in [-0.2, -0.15) is 0 Å². The average Bonchev–Trinajstić information content (AvgIpc) is 3.10. The van der Waals surface area contributed by atoms with E-state index >= 15 is 0 Å². The van der Waals surface area contributed by atoms with E-state index in [2.05, 4.69) is 24.4 Å². The Morgan fingerprint density at radius 1 is 1.35 bits per heavy atom. The number of benzene rings is 1. The van der Waals surface area contributed by atoms with Crippen LogP contribution in [-0.4, -0.2) is 56.0 Å². The van der Waals surface area contributed by atoms with Crippen molar-refractivity contribution in [1.29, 1.82) is 0 Å². The van der Waals surface area contributed by atoms with E-state index in [9.17, 15) is 4.79 Å². The zero-order valence-corrected chi connectivity index (χ0v) is 13.7. The molecule has 2 heterocycles. The van der Waals surface area contributed by atoms with Crippen molar-refractivity contribution in [2.75, 3.05) is 32.9 Å². The Balaban J connectivity index is 1.50. The second-order valence-corrected chi connectivity index (χ2v) is 6.49. The summed E-state index contributed by atoms with van der Waals surface area (Å²) in [7, 11) is 0. The molecule has 2 aliphatic rings. The lowest BCUT2D eigenvalue weighted by Crippen LogP contribution is -2.52. The molecule has 0 spiro atoms. The van der Waals surface area contributed by atoms with Crippen molar-refractivity contribution in [3.8, 4) is 0 Å². The number of nitrogens with zero attached hydrogens (tertiary/aromatic N) is 1. The zero-order valence-electron chi connectivity index (χ0n) is 13.7. The monoisotopic (exact) mass is 318 g/mol. The zero-order chi connectivity index (χ0) is 16.1. The van der Waals surface area contributed by atoms with E-state index < -0.39 is 0 Å². The maximum atomic E-state index is 12.5. The highest BCUT2D eigenvalue weighted by Crippen LogP contribution is 2.17. The summed E-state index contributed by atoms with van der Waals surface area (Å²) in [6.07, 6.45) is 1.94. The van der Waals surface area contributed by atoms with Crippen molar-refractivity contribution < 1.29 is 14.3 Å². The van der Waals surface area contributed by atoms with Crippen LogP contribution in [0, 0.1) is 5.92 Å². The van der Waals surface area contributed by atoms with Gasteiger partial charge in [-0.1, -0.05) is 30.3 Å². The molecule has 0 bridgehead atoms. The third-order valence-electron chi connectivity index (χ3n) is 4.76. The third-order valence-corrected chi connectivity index (χ3v) is 4.76. The maximum Gasteiger partial charge on any atom is 0.317 e. The van der Waals surface area contributed by atoms with Crippen molar-refractivity contribution in [1.82, 2.24) is 10.2 Å². The first-order valence-electron chi connectivity index (χ1n) is 8.51. The van der Waals surface area contributed by atoms with Crippen LogP contribution in [0.15, 0.2) is 30.3 Å². The number of nitrogens with one attached hydrogen (secondary N) is 1. The number of hydrogen-bond acceptors (Lipinski definition) is 3. The van der Waals surface area contributed by atoms with Gasteiger partial charge >= 0.3 is 6.03 Å². The predicted octanol–water partition coefficient (Wildman–Crippen LogP) is 2.06. The normalized spacial score (nSPS) is 26.0. The molecule has 2 saturated heterocycles. The van der Waals surface area contributed by atoms with Gasteiger partial charge in [0.2, 0.25) is 0 Å². The Kier molecular flexibility index (Phi) is 5.51. The summed E-state index contributed by atoms with van der Waals surface area (Å²) in [5.74, 6) is 0.431. The molecule has 2 fully saturated rings. The van der Waals surface area contributed by atoms with Crippen LogP contribution in [-0.2, 0) is 15.9 Å². The van der Waals surface area contributed by atoms with Crippen molar-refractivity contribution >= 4 is 6.03 Å². The number of urea groups is 1. The van der Waals surface area contributed by atoms with Gasteiger partial charge < -0.3 is 19.7 Å². The molecule has 0 radical (unpaired) electrons. The smallest absolute Gasteiger partial charge is 0.317 e. The molecule has 3 rings (SSSR count). The molecule has 23 heavy (non-hydrogen) atoms. The van der Waals surface area contributed by atoms with Crippen molar-refractivity contribution in [3.63, 3.8) is 0 Å². The van der Waals surface area contributed by atoms with Gasteiger partial charge in [0.25, 0.3) is 0 Å². The lowest BCUT2D eigenvalue weighted by Gasteiger charge is -2.34. The summed E-state index contributed by atoms with van der Waals surface area (Å²) >= 11 is 0. The van der Waals surface area contributed by atoms with E-state index in [1.807, 2.05) is 23.1 Å². The minimum atomic E-state index is 0.0192. The molecular formula is C18H26N2O3. The molecule has 3 atom stereocenters. The maximum absolute atomic E-state index is 12.5. The first-order valence-corrected chi connectivity index (χ1v) is 8.51. The lowest BCUT2D eigenvalue weighted by molar-refractivity contribution is -0.0138. The molecule has 1 aromatic rings. The minimum Gasteiger partial charge on any atom is -0.381 e.